The number of ether oxygens (including phenoxy) is 1. The van der Waals surface area contributed by atoms with Crippen molar-refractivity contribution in [3.8, 4) is 16.9 Å². The molecular weight excluding hydrogens is 511 g/mol. The first-order valence-electron chi connectivity index (χ1n) is 12.8. The molecule has 11 heteroatoms. The maximum Gasteiger partial charge on any atom is 0.387 e. The van der Waals surface area contributed by atoms with Crippen LogP contribution in [0.2, 0.25) is 0 Å². The molecule has 2 fully saturated rings. The van der Waals surface area contributed by atoms with Crippen molar-refractivity contribution in [2.45, 2.75) is 32.8 Å². The topological polar surface area (TPSA) is 92.9 Å². The number of hydrogen-bond donors (Lipinski definition) is 1. The molecule has 1 aliphatic carbocycles. The summed E-state index contributed by atoms with van der Waals surface area (Å²) in [5, 5.41) is 9.56. The minimum absolute atomic E-state index is 0.0727. The molecule has 3 aromatic heterocycles. The molecule has 0 spiro atoms. The SMILES string of the molecule is Cc1nc2cc(F)c(-c3cnc(N4C[C@H]5CC[C@@H](C4)[C@@H]5C(=O)O)nc3)cn2c1Cc1ccccc1OC(F)F. The van der Waals surface area contributed by atoms with Gasteiger partial charge in [-0.2, -0.15) is 8.78 Å². The van der Waals surface area contributed by atoms with E-state index < -0.39 is 18.4 Å². The Bertz CT molecular complexity index is 1530. The first-order chi connectivity index (χ1) is 18.8. The molecule has 6 rings (SSSR count). The Morgan fingerprint density at radius 1 is 1.15 bits per heavy atom. The number of carboxylic acid groups (broad SMARTS) is 1. The van der Waals surface area contributed by atoms with Crippen LogP contribution in [0.15, 0.2) is 48.9 Å². The van der Waals surface area contributed by atoms with Gasteiger partial charge in [0.25, 0.3) is 0 Å². The summed E-state index contributed by atoms with van der Waals surface area (Å²) in [4.78, 5) is 27.1. The Kier molecular flexibility index (Phi) is 6.36. The Morgan fingerprint density at radius 2 is 1.85 bits per heavy atom. The lowest BCUT2D eigenvalue weighted by molar-refractivity contribution is -0.144. The maximum absolute atomic E-state index is 15.2. The number of carbonyl (C=O) groups is 1. The van der Waals surface area contributed by atoms with Crippen molar-refractivity contribution in [3.05, 3.63) is 71.7 Å². The van der Waals surface area contributed by atoms with Crippen LogP contribution in [0.5, 0.6) is 5.75 Å². The highest BCUT2D eigenvalue weighted by molar-refractivity contribution is 5.72. The summed E-state index contributed by atoms with van der Waals surface area (Å²) in [5.74, 6) is -0.819. The van der Waals surface area contributed by atoms with Crippen molar-refractivity contribution in [2.75, 3.05) is 18.0 Å². The van der Waals surface area contributed by atoms with Crippen molar-refractivity contribution in [1.29, 1.82) is 0 Å². The average molecular weight is 538 g/mol. The highest BCUT2D eigenvalue weighted by atomic mass is 19.3. The normalized spacial score (nSPS) is 20.6. The van der Waals surface area contributed by atoms with Gasteiger partial charge in [0.15, 0.2) is 0 Å². The molecule has 1 aliphatic heterocycles. The molecule has 0 unspecified atom stereocenters. The van der Waals surface area contributed by atoms with Crippen LogP contribution in [0.1, 0.15) is 29.8 Å². The summed E-state index contributed by atoms with van der Waals surface area (Å²) in [6.07, 6.45) is 6.76. The number of alkyl halides is 2. The van der Waals surface area contributed by atoms with Crippen LogP contribution in [-0.4, -0.2) is 50.1 Å². The first kappa shape index (κ1) is 25.1. The summed E-state index contributed by atoms with van der Waals surface area (Å²) >= 11 is 0. The summed E-state index contributed by atoms with van der Waals surface area (Å²) in [5.41, 5.74) is 3.05. The monoisotopic (exact) mass is 537 g/mol. The molecular formula is C28H26F3N5O3. The average Bonchev–Trinajstić information content (AvgIpc) is 3.35. The lowest BCUT2D eigenvalue weighted by Gasteiger charge is -2.35. The van der Waals surface area contributed by atoms with Gasteiger partial charge < -0.3 is 19.1 Å². The predicted molar refractivity (Wildman–Crippen MR) is 136 cm³/mol. The number of aromatic nitrogens is 4. The van der Waals surface area contributed by atoms with Gasteiger partial charge in [-0.05, 0) is 37.7 Å². The van der Waals surface area contributed by atoms with E-state index in [1.54, 1.807) is 48.1 Å². The van der Waals surface area contributed by atoms with Crippen LogP contribution in [0.3, 0.4) is 0 Å². The number of halogens is 3. The summed E-state index contributed by atoms with van der Waals surface area (Å²) in [7, 11) is 0. The van der Waals surface area contributed by atoms with Crippen LogP contribution in [-0.2, 0) is 11.2 Å². The second kappa shape index (κ2) is 9.87. The zero-order valence-corrected chi connectivity index (χ0v) is 21.1. The van der Waals surface area contributed by atoms with Crippen LogP contribution in [0.25, 0.3) is 16.8 Å². The Labute approximate surface area is 222 Å². The predicted octanol–water partition coefficient (Wildman–Crippen LogP) is 4.98. The molecule has 1 saturated heterocycles. The number of fused-ring (bicyclic) bond motifs is 3. The van der Waals surface area contributed by atoms with Gasteiger partial charge in [-0.3, -0.25) is 4.79 Å². The lowest BCUT2D eigenvalue weighted by Crippen LogP contribution is -2.45. The van der Waals surface area contributed by atoms with E-state index in [-0.39, 0.29) is 35.5 Å². The fraction of sp³-hybridized carbons (Fsp3) is 0.357. The second-order valence-corrected chi connectivity index (χ2v) is 10.2. The third-order valence-electron chi connectivity index (χ3n) is 7.91. The third kappa shape index (κ3) is 4.66. The second-order valence-electron chi connectivity index (χ2n) is 10.2. The molecule has 39 heavy (non-hydrogen) atoms. The Hall–Kier alpha value is -4.15. The van der Waals surface area contributed by atoms with Crippen molar-refractivity contribution in [3.63, 3.8) is 0 Å². The van der Waals surface area contributed by atoms with E-state index in [1.165, 1.54) is 12.1 Å². The molecule has 0 radical (unpaired) electrons. The number of piperidine rings is 1. The fourth-order valence-corrected chi connectivity index (χ4v) is 6.11. The molecule has 2 bridgehead atoms. The molecule has 202 valence electrons. The van der Waals surface area contributed by atoms with Crippen molar-refractivity contribution in [2.24, 2.45) is 17.8 Å². The minimum atomic E-state index is -2.95. The van der Waals surface area contributed by atoms with E-state index in [4.69, 9.17) is 0 Å². The van der Waals surface area contributed by atoms with E-state index in [9.17, 15) is 18.7 Å². The van der Waals surface area contributed by atoms with E-state index >= 15 is 4.39 Å². The van der Waals surface area contributed by atoms with Gasteiger partial charge in [0.2, 0.25) is 5.95 Å². The first-order valence-corrected chi connectivity index (χ1v) is 12.8. The quantitative estimate of drug-likeness (QED) is 0.356. The summed E-state index contributed by atoms with van der Waals surface area (Å²) in [6.45, 7) is 0.00911. The number of imidazole rings is 1. The van der Waals surface area contributed by atoms with Gasteiger partial charge >= 0.3 is 12.6 Å². The van der Waals surface area contributed by atoms with Crippen LogP contribution < -0.4 is 9.64 Å². The highest BCUT2D eigenvalue weighted by Gasteiger charge is 2.46. The number of para-hydroxylation sites is 1. The molecule has 4 aromatic rings. The highest BCUT2D eigenvalue weighted by Crippen LogP contribution is 2.42. The summed E-state index contributed by atoms with van der Waals surface area (Å²) in [6, 6.07) is 7.89. The zero-order chi connectivity index (χ0) is 27.3. The number of anilines is 1. The third-order valence-corrected chi connectivity index (χ3v) is 7.91. The summed E-state index contributed by atoms with van der Waals surface area (Å²) < 4.78 is 47.4. The van der Waals surface area contributed by atoms with Crippen molar-refractivity contribution in [1.82, 2.24) is 19.4 Å². The van der Waals surface area contributed by atoms with Crippen LogP contribution in [0, 0.1) is 30.5 Å². The number of pyridine rings is 1. The smallest absolute Gasteiger partial charge is 0.387 e. The fourth-order valence-electron chi connectivity index (χ4n) is 6.11. The van der Waals surface area contributed by atoms with E-state index in [0.29, 0.717) is 47.2 Å². The molecule has 3 atom stereocenters. The van der Waals surface area contributed by atoms with Crippen molar-refractivity contribution >= 4 is 17.6 Å². The molecule has 8 nitrogen and oxygen atoms in total. The van der Waals surface area contributed by atoms with Gasteiger partial charge in [-0.25, -0.2) is 19.3 Å². The number of aliphatic carboxylic acids is 1. The number of carboxylic acids is 1. The van der Waals surface area contributed by atoms with Gasteiger partial charge in [0.05, 0.1) is 11.6 Å². The van der Waals surface area contributed by atoms with Crippen LogP contribution >= 0.6 is 0 Å². The molecule has 1 saturated carbocycles. The number of aryl methyl sites for hydroxylation is 1. The number of rotatable bonds is 7. The molecule has 4 heterocycles. The van der Waals surface area contributed by atoms with E-state index in [2.05, 4.69) is 19.7 Å². The Balaban J connectivity index is 1.29. The number of hydrogen-bond acceptors (Lipinski definition) is 6. The van der Waals surface area contributed by atoms with Gasteiger partial charge in [0, 0.05) is 66.6 Å². The molecule has 1 aromatic carbocycles. The minimum Gasteiger partial charge on any atom is -0.481 e. The van der Waals surface area contributed by atoms with Gasteiger partial charge in [0.1, 0.15) is 17.2 Å². The Morgan fingerprint density at radius 3 is 2.51 bits per heavy atom. The molecule has 2 aliphatic rings. The lowest BCUT2D eigenvalue weighted by atomic mass is 9.85. The van der Waals surface area contributed by atoms with Crippen molar-refractivity contribution < 1.29 is 27.8 Å². The van der Waals surface area contributed by atoms with E-state index in [1.807, 2.05) is 4.90 Å². The van der Waals surface area contributed by atoms with Gasteiger partial charge in [-0.1, -0.05) is 18.2 Å². The zero-order valence-electron chi connectivity index (χ0n) is 21.1. The standard InChI is InChI=1S/C28H26F3N5O3/c1-15-22(8-16-4-2-3-5-23(16)39-27(30)31)36-14-20(21(29)9-24(36)34-15)19-10-32-28(33-11-19)35-12-17-6-7-18(13-35)25(17)26(37)38/h2-5,9-11,14,17-18,25,27H,6-8,12-13H2,1H3,(H,37,38)/t17-,18+,25-. The van der Waals surface area contributed by atoms with Gasteiger partial charge in [-0.15, -0.1) is 0 Å². The number of nitrogens with zero attached hydrogens (tertiary/aromatic N) is 5. The largest absolute Gasteiger partial charge is 0.481 e. The maximum atomic E-state index is 15.2. The molecule has 0 amide bonds. The van der Waals surface area contributed by atoms with Crippen LogP contribution in [0.4, 0.5) is 19.1 Å². The van der Waals surface area contributed by atoms with E-state index in [0.717, 1.165) is 12.8 Å². The number of benzene rings is 1. The molecule has 1 N–H and O–H groups in total.